The van der Waals surface area contributed by atoms with Crippen LogP contribution in [0.25, 0.3) is 0 Å². The maximum Gasteiger partial charge on any atom is 0.285 e. The maximum absolute atomic E-state index is 12.4. The molecular weight excluding hydrogens is 380 g/mol. The fraction of sp³-hybridized carbons (Fsp3) is 0.150. The molecule has 146 valence electrons. The molecule has 1 aliphatic rings. The summed E-state index contributed by atoms with van der Waals surface area (Å²) in [6.07, 6.45) is 0.393. The van der Waals surface area contributed by atoms with Gasteiger partial charge in [-0.3, -0.25) is 29.4 Å². The minimum absolute atomic E-state index is 0.0671. The summed E-state index contributed by atoms with van der Waals surface area (Å²) in [7, 11) is 1.38. The van der Waals surface area contributed by atoms with Crippen molar-refractivity contribution in [3.05, 3.63) is 68.8 Å². The van der Waals surface area contributed by atoms with E-state index in [4.69, 9.17) is 9.47 Å². The summed E-state index contributed by atoms with van der Waals surface area (Å²) in [6, 6.07) is 8.79. The van der Waals surface area contributed by atoms with Crippen LogP contribution in [0, 0.1) is 22.0 Å². The predicted octanol–water partition coefficient (Wildman–Crippen LogP) is 2.04. The Morgan fingerprint density at radius 2 is 1.79 bits per heavy atom. The van der Waals surface area contributed by atoms with Gasteiger partial charge >= 0.3 is 0 Å². The van der Waals surface area contributed by atoms with E-state index in [1.54, 1.807) is 12.1 Å². The van der Waals surface area contributed by atoms with E-state index in [0.717, 1.165) is 11.0 Å². The monoisotopic (exact) mass is 394 g/mol. The molecule has 1 aliphatic heterocycles. The van der Waals surface area contributed by atoms with Gasteiger partial charge in [0.15, 0.2) is 13.1 Å². The predicted molar refractivity (Wildman–Crippen MR) is 99.7 cm³/mol. The largest absolute Gasteiger partial charge is 0.467 e. The highest BCUT2D eigenvalue weighted by Gasteiger charge is 2.34. The average Bonchev–Trinajstić information content (AvgIpc) is 2.97. The summed E-state index contributed by atoms with van der Waals surface area (Å²) in [5, 5.41) is 11.3. The number of carbonyl (C=O) groups excluding carboxylic acids is 3. The average molecular weight is 394 g/mol. The fourth-order valence-corrected chi connectivity index (χ4v) is 2.83. The molecule has 1 heterocycles. The molecule has 2 amide bonds. The number of rotatable bonds is 6. The van der Waals surface area contributed by atoms with Crippen molar-refractivity contribution in [2.24, 2.45) is 0 Å². The Morgan fingerprint density at radius 1 is 1.14 bits per heavy atom. The fourth-order valence-electron chi connectivity index (χ4n) is 2.83. The van der Waals surface area contributed by atoms with Gasteiger partial charge in [-0.2, -0.15) is 0 Å². The van der Waals surface area contributed by atoms with Gasteiger partial charge in [0.2, 0.25) is 0 Å². The van der Waals surface area contributed by atoms with E-state index in [2.05, 4.69) is 11.8 Å². The number of nitrogens with zero attached hydrogens (tertiary/aromatic N) is 2. The normalized spacial score (nSPS) is 12.2. The van der Waals surface area contributed by atoms with Gasteiger partial charge in [-0.15, -0.1) is 0 Å². The minimum atomic E-state index is -0.681. The third-order valence-electron chi connectivity index (χ3n) is 4.16. The van der Waals surface area contributed by atoms with E-state index < -0.39 is 22.4 Å². The zero-order valence-corrected chi connectivity index (χ0v) is 15.2. The Morgan fingerprint density at radius 3 is 2.34 bits per heavy atom. The SMILES string of the molecule is COCOc1ccc([N+](=O)[O-])c(C#CCN2C(=O)c3ccccc3C2=O)c1C=O. The number of hydrogen-bond acceptors (Lipinski definition) is 7. The molecule has 0 saturated heterocycles. The summed E-state index contributed by atoms with van der Waals surface area (Å²) in [5.74, 6) is 4.18. The Hall–Kier alpha value is -4.03. The lowest BCUT2D eigenvalue weighted by molar-refractivity contribution is -0.385. The molecule has 0 aromatic heterocycles. The highest BCUT2D eigenvalue weighted by molar-refractivity contribution is 6.21. The van der Waals surface area contributed by atoms with Gasteiger partial charge in [-0.1, -0.05) is 24.0 Å². The molecule has 9 heteroatoms. The van der Waals surface area contributed by atoms with Crippen LogP contribution in [0.15, 0.2) is 36.4 Å². The Kier molecular flexibility index (Phi) is 5.66. The molecule has 0 aliphatic carbocycles. The van der Waals surface area contributed by atoms with Crippen molar-refractivity contribution in [2.75, 3.05) is 20.4 Å². The molecule has 3 rings (SSSR count). The number of amides is 2. The number of ether oxygens (including phenoxy) is 2. The lowest BCUT2D eigenvalue weighted by atomic mass is 10.1. The van der Waals surface area contributed by atoms with Gasteiger partial charge in [-0.05, 0) is 18.2 Å². The summed E-state index contributed by atoms with van der Waals surface area (Å²) in [6.45, 7) is -0.453. The van der Waals surface area contributed by atoms with E-state index in [-0.39, 0.29) is 41.3 Å². The molecule has 0 radical (unpaired) electrons. The maximum atomic E-state index is 12.4. The molecule has 2 aromatic rings. The molecule has 0 bridgehead atoms. The first-order valence-electron chi connectivity index (χ1n) is 8.32. The molecule has 29 heavy (non-hydrogen) atoms. The lowest BCUT2D eigenvalue weighted by Gasteiger charge is -2.10. The summed E-state index contributed by atoms with van der Waals surface area (Å²) in [4.78, 5) is 47.8. The van der Waals surface area contributed by atoms with Crippen molar-refractivity contribution < 1.29 is 28.8 Å². The van der Waals surface area contributed by atoms with E-state index in [1.165, 1.54) is 25.3 Å². The Balaban J connectivity index is 1.94. The van der Waals surface area contributed by atoms with Crippen molar-refractivity contribution in [3.63, 3.8) is 0 Å². The number of imide groups is 1. The van der Waals surface area contributed by atoms with E-state index in [1.807, 2.05) is 0 Å². The number of benzene rings is 2. The Bertz CT molecular complexity index is 1050. The molecule has 2 aromatic carbocycles. The second-order valence-electron chi connectivity index (χ2n) is 5.84. The quantitative estimate of drug-likeness (QED) is 0.184. The van der Waals surface area contributed by atoms with Crippen LogP contribution in [0.2, 0.25) is 0 Å². The van der Waals surface area contributed by atoms with Gasteiger partial charge in [0.05, 0.1) is 28.2 Å². The van der Waals surface area contributed by atoms with E-state index >= 15 is 0 Å². The highest BCUT2D eigenvalue weighted by Crippen LogP contribution is 2.29. The van der Waals surface area contributed by atoms with Crippen molar-refractivity contribution >= 4 is 23.8 Å². The zero-order valence-electron chi connectivity index (χ0n) is 15.2. The van der Waals surface area contributed by atoms with Crippen LogP contribution in [0.3, 0.4) is 0 Å². The van der Waals surface area contributed by atoms with Gasteiger partial charge < -0.3 is 9.47 Å². The molecule has 0 N–H and O–H groups in total. The lowest BCUT2D eigenvalue weighted by Crippen LogP contribution is -2.30. The first kappa shape index (κ1) is 19.7. The van der Waals surface area contributed by atoms with Gasteiger partial charge in [0.1, 0.15) is 11.3 Å². The number of aldehydes is 1. The molecule has 0 fully saturated rings. The van der Waals surface area contributed by atoms with E-state index in [0.29, 0.717) is 6.29 Å². The second kappa shape index (κ2) is 8.33. The van der Waals surface area contributed by atoms with Crippen LogP contribution in [-0.2, 0) is 4.74 Å². The van der Waals surface area contributed by atoms with Crippen molar-refractivity contribution in [1.29, 1.82) is 0 Å². The van der Waals surface area contributed by atoms with Crippen LogP contribution < -0.4 is 4.74 Å². The topological polar surface area (TPSA) is 116 Å². The number of carbonyl (C=O) groups is 3. The number of methoxy groups -OCH3 is 1. The van der Waals surface area contributed by atoms with Crippen LogP contribution in [0.4, 0.5) is 5.69 Å². The molecule has 0 saturated carbocycles. The molecule has 9 nitrogen and oxygen atoms in total. The summed E-state index contributed by atoms with van der Waals surface area (Å²) < 4.78 is 10.0. The van der Waals surface area contributed by atoms with Crippen LogP contribution >= 0.6 is 0 Å². The van der Waals surface area contributed by atoms with Gasteiger partial charge in [0, 0.05) is 13.2 Å². The minimum Gasteiger partial charge on any atom is -0.467 e. The van der Waals surface area contributed by atoms with Crippen LogP contribution in [-0.4, -0.2) is 48.4 Å². The van der Waals surface area contributed by atoms with Crippen LogP contribution in [0.1, 0.15) is 36.6 Å². The van der Waals surface area contributed by atoms with Gasteiger partial charge in [-0.25, -0.2) is 0 Å². The number of nitro groups is 1. The third-order valence-corrected chi connectivity index (χ3v) is 4.16. The van der Waals surface area contributed by atoms with Gasteiger partial charge in [0.25, 0.3) is 17.5 Å². The number of nitro benzene ring substituents is 1. The summed E-state index contributed by atoms with van der Waals surface area (Å²) >= 11 is 0. The highest BCUT2D eigenvalue weighted by atomic mass is 16.7. The van der Waals surface area contributed by atoms with E-state index in [9.17, 15) is 24.5 Å². The van der Waals surface area contributed by atoms with Crippen molar-refractivity contribution in [2.45, 2.75) is 0 Å². The first-order valence-corrected chi connectivity index (χ1v) is 8.32. The first-order chi connectivity index (χ1) is 14.0. The Labute approximate surface area is 165 Å². The molecular formula is C20H14N2O7. The second-order valence-corrected chi connectivity index (χ2v) is 5.84. The van der Waals surface area contributed by atoms with Crippen molar-refractivity contribution in [1.82, 2.24) is 4.90 Å². The molecule has 0 unspecified atom stereocenters. The molecule has 0 atom stereocenters. The standard InChI is InChI=1S/C20H14N2O7/c1-28-12-29-18-9-8-17(22(26)27)13(16(18)11-23)7-4-10-21-19(24)14-5-2-3-6-15(14)20(21)25/h2-3,5-6,8-9,11H,10,12H2,1H3. The number of fused-ring (bicyclic) bond motifs is 1. The van der Waals surface area contributed by atoms with Crippen LogP contribution in [0.5, 0.6) is 5.75 Å². The molecule has 0 spiro atoms. The third kappa shape index (κ3) is 3.69. The smallest absolute Gasteiger partial charge is 0.285 e. The van der Waals surface area contributed by atoms with Crippen molar-refractivity contribution in [3.8, 4) is 17.6 Å². The zero-order chi connectivity index (χ0) is 21.0. The number of hydrogen-bond donors (Lipinski definition) is 0. The summed E-state index contributed by atoms with van der Waals surface area (Å²) in [5.41, 5.74) is -0.143.